The van der Waals surface area contributed by atoms with Gasteiger partial charge in [-0.3, -0.25) is 5.41 Å². The van der Waals surface area contributed by atoms with E-state index < -0.39 is 0 Å². The molecule has 0 saturated heterocycles. The first-order chi connectivity index (χ1) is 16.2. The third-order valence-electron chi connectivity index (χ3n) is 5.46. The number of aryl methyl sites for hydroxylation is 2. The minimum atomic E-state index is -0.114. The summed E-state index contributed by atoms with van der Waals surface area (Å²) in [6.07, 6.45) is 4.90. The second-order valence-electron chi connectivity index (χ2n) is 7.98. The summed E-state index contributed by atoms with van der Waals surface area (Å²) in [7, 11) is 0. The summed E-state index contributed by atoms with van der Waals surface area (Å²) in [6, 6.07) is 25.5. The Morgan fingerprint density at radius 1 is 0.758 bits per heavy atom. The van der Waals surface area contributed by atoms with E-state index in [2.05, 4.69) is 12.1 Å². The summed E-state index contributed by atoms with van der Waals surface area (Å²) in [5.74, 6) is 0.852. The smallest absolute Gasteiger partial charge is 0.249 e. The molecule has 0 saturated carbocycles. The molecule has 0 unspecified atom stereocenters. The minimum absolute atomic E-state index is 0.0863. The molecule has 4 rings (SSSR count). The van der Waals surface area contributed by atoms with Crippen molar-refractivity contribution in [3.63, 3.8) is 0 Å². The molecule has 0 bridgehead atoms. The van der Waals surface area contributed by atoms with Crippen molar-refractivity contribution in [2.24, 2.45) is 0 Å². The molecule has 0 aromatic heterocycles. The van der Waals surface area contributed by atoms with Gasteiger partial charge in [-0.15, -0.1) is 0 Å². The third kappa shape index (κ3) is 6.56. The number of rotatable bonds is 10. The highest BCUT2D eigenvalue weighted by molar-refractivity contribution is 6.01. The van der Waals surface area contributed by atoms with Crippen molar-refractivity contribution in [1.82, 2.24) is 0 Å². The van der Waals surface area contributed by atoms with Crippen molar-refractivity contribution >= 4 is 11.6 Å². The highest BCUT2D eigenvalue weighted by Gasteiger charge is 2.13. The summed E-state index contributed by atoms with van der Waals surface area (Å²) in [4.78, 5) is 0. The first-order valence-corrected chi connectivity index (χ1v) is 11.1. The van der Waals surface area contributed by atoms with E-state index in [-0.39, 0.29) is 37.2 Å². The number of benzene rings is 3. The van der Waals surface area contributed by atoms with Gasteiger partial charge in [-0.25, -0.2) is 0 Å². The van der Waals surface area contributed by atoms with Gasteiger partial charge < -0.3 is 19.6 Å². The summed E-state index contributed by atoms with van der Waals surface area (Å²) in [5.41, 5.74) is 4.85. The van der Waals surface area contributed by atoms with Crippen LogP contribution in [0.25, 0.3) is 0 Å². The minimum Gasteiger partial charge on any atom is -0.487 e. The second-order valence-corrected chi connectivity index (χ2v) is 7.98. The lowest BCUT2D eigenvalue weighted by atomic mass is 10.1. The topological polar surface area (TPSA) is 75.4 Å². The van der Waals surface area contributed by atoms with Crippen LogP contribution in [0.2, 0.25) is 0 Å². The molecule has 1 aliphatic rings. The first kappa shape index (κ1) is 22.3. The predicted molar refractivity (Wildman–Crippen MR) is 130 cm³/mol. The quantitative estimate of drug-likeness (QED) is 0.235. The highest BCUT2D eigenvalue weighted by atomic mass is 16.5. The Morgan fingerprint density at radius 3 is 2.09 bits per heavy atom. The van der Waals surface area contributed by atoms with Gasteiger partial charge in [0, 0.05) is 6.08 Å². The summed E-state index contributed by atoms with van der Waals surface area (Å²) in [5, 5.41) is 16.7. The molecule has 33 heavy (non-hydrogen) atoms. The van der Waals surface area contributed by atoms with Gasteiger partial charge in [-0.1, -0.05) is 66.7 Å². The normalized spacial score (nSPS) is 12.7. The Kier molecular flexibility index (Phi) is 7.54. The highest BCUT2D eigenvalue weighted by Crippen LogP contribution is 2.26. The van der Waals surface area contributed by atoms with Gasteiger partial charge in [-0.2, -0.15) is 0 Å². The van der Waals surface area contributed by atoms with E-state index in [0.29, 0.717) is 0 Å². The van der Waals surface area contributed by atoms with Crippen molar-refractivity contribution in [3.8, 4) is 5.75 Å². The van der Waals surface area contributed by atoms with Gasteiger partial charge in [0.1, 0.15) is 25.6 Å². The number of ether oxygens (including phenoxy) is 3. The maximum absolute atomic E-state index is 8.38. The lowest BCUT2D eigenvalue weighted by Gasteiger charge is -2.14. The van der Waals surface area contributed by atoms with E-state index >= 15 is 0 Å². The average Bonchev–Trinajstić information content (AvgIpc) is 3.33. The van der Waals surface area contributed by atoms with Crippen LogP contribution in [0.5, 0.6) is 5.75 Å². The van der Waals surface area contributed by atoms with Gasteiger partial charge in [0.2, 0.25) is 5.90 Å². The molecule has 3 aromatic rings. The monoisotopic (exact) mass is 440 g/mol. The van der Waals surface area contributed by atoms with Crippen LogP contribution in [-0.4, -0.2) is 18.2 Å². The van der Waals surface area contributed by atoms with Crippen LogP contribution in [0.15, 0.2) is 90.7 Å². The molecule has 5 heteroatoms. The van der Waals surface area contributed by atoms with Crippen LogP contribution in [0.3, 0.4) is 0 Å². The molecule has 168 valence electrons. The molecule has 0 heterocycles. The summed E-state index contributed by atoms with van der Waals surface area (Å²) in [6.45, 7) is 0.621. The Hall–Kier alpha value is -3.86. The van der Waals surface area contributed by atoms with Crippen molar-refractivity contribution in [3.05, 3.63) is 113 Å². The Labute approximate surface area is 194 Å². The van der Waals surface area contributed by atoms with Gasteiger partial charge >= 0.3 is 0 Å². The van der Waals surface area contributed by atoms with Crippen LogP contribution < -0.4 is 4.74 Å². The Bertz CT molecular complexity index is 1120. The fourth-order valence-corrected chi connectivity index (χ4v) is 3.71. The molecular weight excluding hydrogens is 412 g/mol. The largest absolute Gasteiger partial charge is 0.487 e. The van der Waals surface area contributed by atoms with E-state index in [1.165, 1.54) is 23.6 Å². The van der Waals surface area contributed by atoms with Crippen LogP contribution in [0.4, 0.5) is 0 Å². The van der Waals surface area contributed by atoms with Crippen molar-refractivity contribution in [1.29, 1.82) is 10.8 Å². The SMILES string of the molecule is N=C(/C=C(/OCc1ccccc1)C(=N)OCc1ccccc1)COc1ccc2c(c1)CCC2. The second kappa shape index (κ2) is 11.1. The van der Waals surface area contributed by atoms with Gasteiger partial charge in [0.05, 0.1) is 5.71 Å². The molecule has 5 nitrogen and oxygen atoms in total. The van der Waals surface area contributed by atoms with E-state index in [0.717, 1.165) is 29.7 Å². The molecule has 2 N–H and O–H groups in total. The van der Waals surface area contributed by atoms with Crippen LogP contribution >= 0.6 is 0 Å². The Balaban J connectivity index is 1.40. The molecule has 0 aliphatic heterocycles. The summed E-state index contributed by atoms with van der Waals surface area (Å²) >= 11 is 0. The number of hydrogen-bond donors (Lipinski definition) is 2. The van der Waals surface area contributed by atoms with Crippen molar-refractivity contribution < 1.29 is 14.2 Å². The molecule has 1 aliphatic carbocycles. The van der Waals surface area contributed by atoms with Crippen molar-refractivity contribution in [2.45, 2.75) is 32.5 Å². The number of nitrogens with one attached hydrogen (secondary N) is 2. The van der Waals surface area contributed by atoms with Crippen molar-refractivity contribution in [2.75, 3.05) is 6.61 Å². The van der Waals surface area contributed by atoms with Crippen LogP contribution in [0, 0.1) is 10.8 Å². The standard InChI is InChI=1S/C28H28N2O3/c29-25(20-31-26-15-14-23-12-7-13-24(23)16-26)17-27(32-18-21-8-3-1-4-9-21)28(30)33-19-22-10-5-2-6-11-22/h1-6,8-11,14-17,29-30H,7,12-13,18-20H2/b27-17+,29-25?,30-28?. The fourth-order valence-electron chi connectivity index (χ4n) is 3.71. The predicted octanol–water partition coefficient (Wildman–Crippen LogP) is 5.87. The molecule has 0 atom stereocenters. The number of hydrogen-bond acceptors (Lipinski definition) is 5. The molecular formula is C28H28N2O3. The maximum Gasteiger partial charge on any atom is 0.249 e. The van der Waals surface area contributed by atoms with Gasteiger partial charge in [0.25, 0.3) is 0 Å². The summed E-state index contributed by atoms with van der Waals surface area (Å²) < 4.78 is 17.4. The van der Waals surface area contributed by atoms with E-state index in [1.54, 1.807) is 0 Å². The van der Waals surface area contributed by atoms with Crippen LogP contribution in [0.1, 0.15) is 28.7 Å². The van der Waals surface area contributed by atoms with E-state index in [9.17, 15) is 0 Å². The van der Waals surface area contributed by atoms with Crippen LogP contribution in [-0.2, 0) is 35.5 Å². The molecule has 0 radical (unpaired) electrons. The Morgan fingerprint density at radius 2 is 1.39 bits per heavy atom. The van der Waals surface area contributed by atoms with Gasteiger partial charge in [0.15, 0.2) is 5.76 Å². The van der Waals surface area contributed by atoms with E-state index in [4.69, 9.17) is 25.0 Å². The zero-order valence-electron chi connectivity index (χ0n) is 18.6. The fraction of sp³-hybridized carbons (Fsp3) is 0.214. The lowest BCUT2D eigenvalue weighted by molar-refractivity contribution is 0.191. The third-order valence-corrected chi connectivity index (χ3v) is 5.46. The molecule has 3 aromatic carbocycles. The molecule has 0 fully saturated rings. The number of fused-ring (bicyclic) bond motifs is 1. The zero-order chi connectivity index (χ0) is 22.9. The maximum atomic E-state index is 8.38. The molecule has 0 amide bonds. The van der Waals surface area contributed by atoms with Gasteiger partial charge in [-0.05, 0) is 53.6 Å². The zero-order valence-corrected chi connectivity index (χ0v) is 18.6. The average molecular weight is 441 g/mol. The first-order valence-electron chi connectivity index (χ1n) is 11.1. The lowest BCUT2D eigenvalue weighted by Crippen LogP contribution is -2.15. The van der Waals surface area contributed by atoms with E-state index in [1.807, 2.05) is 66.7 Å². The molecule has 0 spiro atoms.